The maximum Gasteiger partial charge on any atom is 0.330 e. The van der Waals surface area contributed by atoms with E-state index >= 15 is 0 Å². The van der Waals surface area contributed by atoms with Gasteiger partial charge in [0.25, 0.3) is 5.56 Å². The lowest BCUT2D eigenvalue weighted by molar-refractivity contribution is 0.0744. The summed E-state index contributed by atoms with van der Waals surface area (Å²) in [5.74, 6) is 0.634. The Morgan fingerprint density at radius 1 is 1.26 bits per heavy atom. The second kappa shape index (κ2) is 9.80. The maximum absolute atomic E-state index is 12.4. The predicted octanol–water partition coefficient (Wildman–Crippen LogP) is 1.76. The number of rotatable bonds is 12. The Kier molecular flexibility index (Phi) is 7.34. The first-order chi connectivity index (χ1) is 14.7. The van der Waals surface area contributed by atoms with Crippen molar-refractivity contribution in [2.75, 3.05) is 19.0 Å². The number of aromatic amines is 1. The molecule has 2 aromatic rings. The molecule has 0 amide bonds. The fourth-order valence-corrected chi connectivity index (χ4v) is 4.24. The van der Waals surface area contributed by atoms with Crippen LogP contribution in [0.5, 0.6) is 5.75 Å². The van der Waals surface area contributed by atoms with Crippen LogP contribution >= 0.6 is 0 Å². The van der Waals surface area contributed by atoms with Gasteiger partial charge in [-0.05, 0) is 43.9 Å². The molecule has 3 rings (SSSR count). The van der Waals surface area contributed by atoms with Crippen molar-refractivity contribution in [3.63, 3.8) is 0 Å². The molecule has 1 aliphatic rings. The van der Waals surface area contributed by atoms with Gasteiger partial charge < -0.3 is 9.47 Å². The van der Waals surface area contributed by atoms with Gasteiger partial charge in [-0.1, -0.05) is 19.1 Å². The van der Waals surface area contributed by atoms with Crippen LogP contribution in [-0.2, 0) is 21.5 Å². The van der Waals surface area contributed by atoms with Crippen LogP contribution in [0.4, 0.5) is 0 Å². The third-order valence-electron chi connectivity index (χ3n) is 5.23. The van der Waals surface area contributed by atoms with E-state index in [1.54, 1.807) is 6.92 Å². The summed E-state index contributed by atoms with van der Waals surface area (Å²) in [5, 5.41) is 0. The third kappa shape index (κ3) is 7.34. The average Bonchev–Trinajstić information content (AvgIpc) is 3.45. The van der Waals surface area contributed by atoms with Gasteiger partial charge >= 0.3 is 5.69 Å². The molecule has 1 saturated carbocycles. The maximum atomic E-state index is 12.4. The summed E-state index contributed by atoms with van der Waals surface area (Å²) < 4.78 is 39.8. The third-order valence-corrected chi connectivity index (χ3v) is 6.77. The lowest BCUT2D eigenvalue weighted by Gasteiger charge is -2.17. The van der Waals surface area contributed by atoms with E-state index in [1.807, 2.05) is 24.3 Å². The van der Waals surface area contributed by atoms with Gasteiger partial charge in [0.15, 0.2) is 0 Å². The zero-order chi connectivity index (χ0) is 22.5. The quantitative estimate of drug-likeness (QED) is 0.475. The van der Waals surface area contributed by atoms with Crippen molar-refractivity contribution < 1.29 is 17.9 Å². The highest BCUT2D eigenvalue weighted by Crippen LogP contribution is 2.45. The second-order valence-corrected chi connectivity index (χ2v) is 10.2. The average molecular weight is 452 g/mol. The number of H-pyrrole nitrogens is 1. The first-order valence-electron chi connectivity index (χ1n) is 10.3. The molecule has 0 aliphatic heterocycles. The van der Waals surface area contributed by atoms with E-state index in [-0.39, 0.29) is 30.9 Å². The van der Waals surface area contributed by atoms with Crippen LogP contribution in [0.1, 0.15) is 44.7 Å². The number of nitrogens with zero attached hydrogens (tertiary/aromatic N) is 1. The van der Waals surface area contributed by atoms with Gasteiger partial charge in [-0.2, -0.15) is 0 Å². The summed E-state index contributed by atoms with van der Waals surface area (Å²) in [7, 11) is -3.51. The van der Waals surface area contributed by atoms with Crippen LogP contribution in [0.25, 0.3) is 0 Å². The largest absolute Gasteiger partial charge is 0.493 e. The number of benzene rings is 1. The van der Waals surface area contributed by atoms with Crippen molar-refractivity contribution in [1.29, 1.82) is 0 Å². The summed E-state index contributed by atoms with van der Waals surface area (Å²) in [4.78, 5) is 24.7. The van der Waals surface area contributed by atoms with E-state index in [9.17, 15) is 18.0 Å². The van der Waals surface area contributed by atoms with Crippen molar-refractivity contribution in [2.45, 2.75) is 45.9 Å². The monoisotopic (exact) mass is 451 g/mol. The smallest absolute Gasteiger partial charge is 0.330 e. The topological polar surface area (TPSA) is 119 Å². The van der Waals surface area contributed by atoms with Crippen LogP contribution in [-0.4, -0.2) is 36.9 Å². The van der Waals surface area contributed by atoms with Crippen LogP contribution in [0.2, 0.25) is 0 Å². The molecular weight excluding hydrogens is 422 g/mol. The van der Waals surface area contributed by atoms with Gasteiger partial charge in [0.2, 0.25) is 10.0 Å². The van der Waals surface area contributed by atoms with Gasteiger partial charge in [-0.15, -0.1) is 0 Å². The molecule has 1 aliphatic carbocycles. The van der Waals surface area contributed by atoms with Crippen LogP contribution in [0.15, 0.2) is 46.1 Å². The lowest BCUT2D eigenvalue weighted by atomic mass is 10.1. The molecule has 0 bridgehead atoms. The molecule has 1 fully saturated rings. The zero-order valence-electron chi connectivity index (χ0n) is 17.8. The van der Waals surface area contributed by atoms with Crippen LogP contribution < -0.4 is 20.7 Å². The Hall–Kier alpha value is -2.43. The Morgan fingerprint density at radius 2 is 2.03 bits per heavy atom. The van der Waals surface area contributed by atoms with Gasteiger partial charge in [-0.25, -0.2) is 17.9 Å². The van der Waals surface area contributed by atoms with Crippen molar-refractivity contribution in [1.82, 2.24) is 14.3 Å². The molecule has 2 N–H and O–H groups in total. The minimum atomic E-state index is -3.51. The minimum absolute atomic E-state index is 0.0642. The van der Waals surface area contributed by atoms with E-state index in [0.717, 1.165) is 11.3 Å². The van der Waals surface area contributed by atoms with Crippen molar-refractivity contribution in [2.24, 2.45) is 5.41 Å². The molecule has 1 atom stereocenters. The van der Waals surface area contributed by atoms with Gasteiger partial charge in [0.05, 0.1) is 12.4 Å². The number of sulfonamides is 1. The summed E-state index contributed by atoms with van der Waals surface area (Å²) >= 11 is 0. The molecule has 1 aromatic heterocycles. The van der Waals surface area contributed by atoms with E-state index in [2.05, 4.69) is 16.6 Å². The molecule has 1 aromatic carbocycles. The van der Waals surface area contributed by atoms with Crippen LogP contribution in [0, 0.1) is 5.41 Å². The Labute approximate surface area is 181 Å². The highest BCUT2D eigenvalue weighted by molar-refractivity contribution is 7.89. The fourth-order valence-electron chi connectivity index (χ4n) is 2.95. The standard InChI is InChI=1S/C21H29N3O6S/c1-16(17-5-3-6-18(13-17)30-14-21(2)8-9-21)23-31(27,28)12-4-11-29-15-24-10-7-19(25)22-20(24)26/h3,5-7,10,13,16,23H,4,8-9,11-12,14-15H2,1-2H3,(H,22,25,26)/t16-/m1/s1. The number of ether oxygens (including phenoxy) is 2. The second-order valence-electron chi connectivity index (χ2n) is 8.30. The van der Waals surface area contributed by atoms with Gasteiger partial charge in [-0.3, -0.25) is 14.3 Å². The van der Waals surface area contributed by atoms with E-state index in [0.29, 0.717) is 6.61 Å². The minimum Gasteiger partial charge on any atom is -0.493 e. The number of aromatic nitrogens is 2. The van der Waals surface area contributed by atoms with Gasteiger partial charge in [0, 0.05) is 30.3 Å². The zero-order valence-corrected chi connectivity index (χ0v) is 18.6. The van der Waals surface area contributed by atoms with Crippen molar-refractivity contribution in [3.05, 3.63) is 62.9 Å². The molecule has 1 heterocycles. The molecule has 0 radical (unpaired) electrons. The Bertz CT molecular complexity index is 1100. The number of nitrogens with one attached hydrogen (secondary N) is 2. The van der Waals surface area contributed by atoms with Gasteiger partial charge in [0.1, 0.15) is 12.5 Å². The number of hydrogen-bond acceptors (Lipinski definition) is 6. The van der Waals surface area contributed by atoms with Crippen molar-refractivity contribution in [3.8, 4) is 5.75 Å². The fraction of sp³-hybridized carbons (Fsp3) is 0.524. The lowest BCUT2D eigenvalue weighted by Crippen LogP contribution is -2.30. The Morgan fingerprint density at radius 3 is 2.74 bits per heavy atom. The first kappa shape index (κ1) is 23.2. The van der Waals surface area contributed by atoms with E-state index in [4.69, 9.17) is 9.47 Å². The Balaban J connectivity index is 1.43. The summed E-state index contributed by atoms with van der Waals surface area (Å²) in [6, 6.07) is 8.28. The normalized spacial score (nSPS) is 16.1. The molecule has 0 spiro atoms. The summed E-state index contributed by atoms with van der Waals surface area (Å²) in [6.45, 7) is 4.74. The molecule has 0 saturated heterocycles. The highest BCUT2D eigenvalue weighted by atomic mass is 32.2. The highest BCUT2D eigenvalue weighted by Gasteiger charge is 2.38. The predicted molar refractivity (Wildman–Crippen MR) is 117 cm³/mol. The molecule has 0 unspecified atom stereocenters. The molecule has 9 nitrogen and oxygen atoms in total. The van der Waals surface area contributed by atoms with Crippen molar-refractivity contribution >= 4 is 10.0 Å². The SMILES string of the molecule is C[C@@H](NS(=O)(=O)CCCOCn1ccc(=O)[nH]c1=O)c1cccc(OCC2(C)CC2)c1. The molecule has 170 valence electrons. The first-order valence-corrected chi connectivity index (χ1v) is 11.9. The van der Waals surface area contributed by atoms with E-state index < -0.39 is 27.3 Å². The molecule has 31 heavy (non-hydrogen) atoms. The molecular formula is C21H29N3O6S. The molecule has 10 heteroatoms. The van der Waals surface area contributed by atoms with Crippen LogP contribution in [0.3, 0.4) is 0 Å². The summed E-state index contributed by atoms with van der Waals surface area (Å²) in [5.41, 5.74) is 0.0437. The summed E-state index contributed by atoms with van der Waals surface area (Å²) in [6.07, 6.45) is 3.94. The van der Waals surface area contributed by atoms with E-state index in [1.165, 1.54) is 29.7 Å². The number of hydrogen-bond donors (Lipinski definition) is 2.